The van der Waals surface area contributed by atoms with Crippen LogP contribution in [0.2, 0.25) is 0 Å². The maximum atomic E-state index is 12.9. The lowest BCUT2D eigenvalue weighted by molar-refractivity contribution is -0.115. The maximum Gasteiger partial charge on any atom is 0.257 e. The lowest BCUT2D eigenvalue weighted by atomic mass is 10.1. The number of rotatable bonds is 9. The minimum absolute atomic E-state index is 0.133. The molecule has 0 saturated carbocycles. The van der Waals surface area contributed by atoms with Gasteiger partial charge in [0.1, 0.15) is 0 Å². The van der Waals surface area contributed by atoms with Crippen LogP contribution in [0.1, 0.15) is 24.5 Å². The predicted molar refractivity (Wildman–Crippen MR) is 102 cm³/mol. The Balaban J connectivity index is 1.94. The number of methoxy groups -OCH3 is 1. The third kappa shape index (κ3) is 7.53. The number of pyridine rings is 1. The molecule has 0 bridgehead atoms. The zero-order valence-electron chi connectivity index (χ0n) is 15.3. The highest BCUT2D eigenvalue weighted by atomic mass is 19.3. The SMILES string of the molecule is COc1ncc(C=CCC(=O)Nc2ccccc2)cc1CNCC(C)(F)F. The van der Waals surface area contributed by atoms with Crippen LogP contribution in [0.4, 0.5) is 14.5 Å². The lowest BCUT2D eigenvalue weighted by Crippen LogP contribution is -2.29. The molecular weight excluding hydrogens is 352 g/mol. The number of carbonyl (C=O) groups excluding carboxylic acids is 1. The molecule has 0 aliphatic heterocycles. The summed E-state index contributed by atoms with van der Waals surface area (Å²) in [7, 11) is 1.48. The molecule has 0 atom stereocenters. The number of halogens is 2. The van der Waals surface area contributed by atoms with Crippen molar-refractivity contribution in [3.63, 3.8) is 0 Å². The van der Waals surface area contributed by atoms with E-state index in [1.165, 1.54) is 7.11 Å². The number of anilines is 1. The second-order valence-electron chi connectivity index (χ2n) is 6.13. The molecule has 1 amide bonds. The zero-order valence-corrected chi connectivity index (χ0v) is 15.3. The molecule has 2 rings (SSSR count). The van der Waals surface area contributed by atoms with Gasteiger partial charge in [-0.25, -0.2) is 13.8 Å². The van der Waals surface area contributed by atoms with Crippen LogP contribution in [0, 0.1) is 0 Å². The van der Waals surface area contributed by atoms with Crippen LogP contribution in [0.15, 0.2) is 48.7 Å². The topological polar surface area (TPSA) is 63.2 Å². The van der Waals surface area contributed by atoms with Crippen molar-refractivity contribution in [2.75, 3.05) is 19.0 Å². The molecule has 27 heavy (non-hydrogen) atoms. The van der Waals surface area contributed by atoms with Gasteiger partial charge in [0.25, 0.3) is 5.92 Å². The van der Waals surface area contributed by atoms with Gasteiger partial charge in [-0.1, -0.05) is 30.4 Å². The van der Waals surface area contributed by atoms with Crippen LogP contribution in [-0.4, -0.2) is 30.5 Å². The Morgan fingerprint density at radius 1 is 1.30 bits per heavy atom. The highest BCUT2D eigenvalue weighted by Crippen LogP contribution is 2.18. The minimum Gasteiger partial charge on any atom is -0.481 e. The van der Waals surface area contributed by atoms with E-state index in [2.05, 4.69) is 15.6 Å². The normalized spacial score (nSPS) is 11.6. The third-order valence-corrected chi connectivity index (χ3v) is 3.56. The van der Waals surface area contributed by atoms with Crippen molar-refractivity contribution < 1.29 is 18.3 Å². The Morgan fingerprint density at radius 2 is 2.04 bits per heavy atom. The van der Waals surface area contributed by atoms with Crippen molar-refractivity contribution in [3.8, 4) is 5.88 Å². The standard InChI is InChI=1S/C20H23F2N3O2/c1-20(21,22)14-23-13-16-11-15(12-24-19(16)27-2)7-6-10-18(26)25-17-8-4-3-5-9-17/h3-9,11-12,23H,10,13-14H2,1-2H3,(H,25,26). The van der Waals surface area contributed by atoms with Crippen LogP contribution in [0.25, 0.3) is 6.08 Å². The molecule has 0 spiro atoms. The molecule has 2 aromatic rings. The number of benzene rings is 1. The van der Waals surface area contributed by atoms with Crippen molar-refractivity contribution in [2.24, 2.45) is 0 Å². The summed E-state index contributed by atoms with van der Waals surface area (Å²) in [6.45, 7) is 0.626. The summed E-state index contributed by atoms with van der Waals surface area (Å²) >= 11 is 0. The molecule has 144 valence electrons. The highest BCUT2D eigenvalue weighted by molar-refractivity contribution is 5.92. The summed E-state index contributed by atoms with van der Waals surface area (Å²) in [6, 6.07) is 11.0. The summed E-state index contributed by atoms with van der Waals surface area (Å²) in [6.07, 6.45) is 5.28. The number of hydrogen-bond acceptors (Lipinski definition) is 4. The predicted octanol–water partition coefficient (Wildman–Crippen LogP) is 3.88. The first-order valence-electron chi connectivity index (χ1n) is 8.50. The van der Waals surface area contributed by atoms with Gasteiger partial charge in [-0.15, -0.1) is 0 Å². The summed E-state index contributed by atoms with van der Waals surface area (Å²) < 4.78 is 31.0. The van der Waals surface area contributed by atoms with Crippen LogP contribution in [-0.2, 0) is 11.3 Å². The Labute approximate surface area is 157 Å². The summed E-state index contributed by atoms with van der Waals surface area (Å²) in [5, 5.41) is 5.48. The first-order chi connectivity index (χ1) is 12.9. The van der Waals surface area contributed by atoms with Crippen LogP contribution in [0.5, 0.6) is 5.88 Å². The molecule has 7 heteroatoms. The number of hydrogen-bond donors (Lipinski definition) is 2. The van der Waals surface area contributed by atoms with Crippen molar-refractivity contribution in [1.29, 1.82) is 0 Å². The second-order valence-corrected chi connectivity index (χ2v) is 6.13. The van der Waals surface area contributed by atoms with E-state index in [1.807, 2.05) is 30.3 Å². The van der Waals surface area contributed by atoms with Gasteiger partial charge in [0.15, 0.2) is 0 Å². The van der Waals surface area contributed by atoms with Crippen LogP contribution < -0.4 is 15.4 Å². The van der Waals surface area contributed by atoms with E-state index >= 15 is 0 Å². The molecule has 0 aliphatic rings. The highest BCUT2D eigenvalue weighted by Gasteiger charge is 2.20. The Hall–Kier alpha value is -2.80. The molecular formula is C20H23F2N3O2. The van der Waals surface area contributed by atoms with Gasteiger partial charge >= 0.3 is 0 Å². The molecule has 2 N–H and O–H groups in total. The molecule has 0 fully saturated rings. The minimum atomic E-state index is -2.79. The summed E-state index contributed by atoms with van der Waals surface area (Å²) in [5.41, 5.74) is 2.16. The van der Waals surface area contributed by atoms with Gasteiger partial charge in [0.05, 0.1) is 13.7 Å². The quantitative estimate of drug-likeness (QED) is 0.698. The zero-order chi connectivity index (χ0) is 19.7. The van der Waals surface area contributed by atoms with E-state index in [0.29, 0.717) is 11.4 Å². The molecule has 0 aliphatic carbocycles. The Bertz CT molecular complexity index is 775. The molecule has 0 saturated heterocycles. The molecule has 5 nitrogen and oxygen atoms in total. The first kappa shape index (κ1) is 20.5. The number of carbonyl (C=O) groups is 1. The van der Waals surface area contributed by atoms with Gasteiger partial charge in [-0.05, 0) is 23.8 Å². The number of ether oxygens (including phenoxy) is 1. The molecule has 0 radical (unpaired) electrons. The molecule has 1 aromatic heterocycles. The number of nitrogens with one attached hydrogen (secondary N) is 2. The fourth-order valence-corrected chi connectivity index (χ4v) is 2.37. The van der Waals surface area contributed by atoms with E-state index in [4.69, 9.17) is 4.74 Å². The lowest BCUT2D eigenvalue weighted by Gasteiger charge is -2.13. The van der Waals surface area contributed by atoms with Gasteiger partial charge in [0, 0.05) is 37.3 Å². The summed E-state index contributed by atoms with van der Waals surface area (Å²) in [4.78, 5) is 16.1. The van der Waals surface area contributed by atoms with Gasteiger partial charge in [0.2, 0.25) is 11.8 Å². The van der Waals surface area contributed by atoms with Gasteiger partial charge < -0.3 is 15.4 Å². The van der Waals surface area contributed by atoms with Crippen molar-refractivity contribution >= 4 is 17.7 Å². The second kappa shape index (κ2) is 9.78. The Morgan fingerprint density at radius 3 is 2.70 bits per heavy atom. The number of aromatic nitrogens is 1. The first-order valence-corrected chi connectivity index (χ1v) is 8.50. The summed E-state index contributed by atoms with van der Waals surface area (Å²) in [5.74, 6) is -2.54. The monoisotopic (exact) mass is 375 g/mol. The van der Waals surface area contributed by atoms with E-state index in [-0.39, 0.29) is 18.9 Å². The molecule has 1 heterocycles. The number of nitrogens with zero attached hydrogens (tertiary/aromatic N) is 1. The van der Waals surface area contributed by atoms with Crippen LogP contribution >= 0.6 is 0 Å². The number of amides is 1. The number of para-hydroxylation sites is 1. The fraction of sp³-hybridized carbons (Fsp3) is 0.300. The average Bonchev–Trinajstić information content (AvgIpc) is 2.62. The van der Waals surface area contributed by atoms with E-state index in [9.17, 15) is 13.6 Å². The van der Waals surface area contributed by atoms with E-state index < -0.39 is 12.5 Å². The van der Waals surface area contributed by atoms with Crippen LogP contribution in [0.3, 0.4) is 0 Å². The van der Waals surface area contributed by atoms with Crippen molar-refractivity contribution in [2.45, 2.75) is 25.8 Å². The van der Waals surface area contributed by atoms with Crippen molar-refractivity contribution in [1.82, 2.24) is 10.3 Å². The average molecular weight is 375 g/mol. The molecule has 0 unspecified atom stereocenters. The number of alkyl halides is 2. The smallest absolute Gasteiger partial charge is 0.257 e. The molecule has 1 aromatic carbocycles. The van der Waals surface area contributed by atoms with Gasteiger partial charge in [-0.3, -0.25) is 4.79 Å². The van der Waals surface area contributed by atoms with E-state index in [0.717, 1.165) is 18.2 Å². The van der Waals surface area contributed by atoms with E-state index in [1.54, 1.807) is 24.4 Å². The Kier molecular flexibility index (Phi) is 7.43. The fourth-order valence-electron chi connectivity index (χ4n) is 2.37. The third-order valence-electron chi connectivity index (χ3n) is 3.56. The van der Waals surface area contributed by atoms with Gasteiger partial charge in [-0.2, -0.15) is 0 Å². The largest absolute Gasteiger partial charge is 0.481 e. The maximum absolute atomic E-state index is 12.9. The van der Waals surface area contributed by atoms with Crippen molar-refractivity contribution in [3.05, 3.63) is 59.8 Å².